The molecule has 1 aromatic heterocycles. The number of hydrogen-bond acceptors (Lipinski definition) is 6. The molecule has 0 fully saturated rings. The number of hydrogen-bond donors (Lipinski definition) is 1. The minimum absolute atomic E-state index is 0.0420. The molecule has 3 aromatic carbocycles. The van der Waals surface area contributed by atoms with Gasteiger partial charge in [-0.25, -0.2) is 4.79 Å². The van der Waals surface area contributed by atoms with Crippen LogP contribution in [0.2, 0.25) is 0 Å². The second-order valence-corrected chi connectivity index (χ2v) is 14.9. The summed E-state index contributed by atoms with van der Waals surface area (Å²) in [6.07, 6.45) is 3.49. The van der Waals surface area contributed by atoms with Crippen molar-refractivity contribution in [3.05, 3.63) is 93.4 Å². The lowest BCUT2D eigenvalue weighted by Crippen LogP contribution is -2.47. The molecule has 0 spiro atoms. The van der Waals surface area contributed by atoms with E-state index in [9.17, 15) is 15.2 Å². The van der Waals surface area contributed by atoms with Gasteiger partial charge in [0.05, 0.1) is 12.2 Å². The summed E-state index contributed by atoms with van der Waals surface area (Å²) < 4.78 is 12.2. The summed E-state index contributed by atoms with van der Waals surface area (Å²) in [5, 5.41) is 18.4. The Morgan fingerprint density at radius 3 is 2.21 bits per heavy atom. The first kappa shape index (κ1) is 31.4. The van der Waals surface area contributed by atoms with Gasteiger partial charge in [-0.1, -0.05) is 52.0 Å². The number of benzene rings is 3. The van der Waals surface area contributed by atoms with Crippen molar-refractivity contribution >= 4 is 29.1 Å². The summed E-state index contributed by atoms with van der Waals surface area (Å²) in [5.41, 5.74) is 11.9. The van der Waals surface area contributed by atoms with E-state index in [0.717, 1.165) is 34.7 Å². The van der Waals surface area contributed by atoms with E-state index < -0.39 is 5.97 Å². The maximum absolute atomic E-state index is 11.3. The first-order chi connectivity index (χ1) is 22.5. The number of methoxy groups -OCH3 is 2. The van der Waals surface area contributed by atoms with Crippen molar-refractivity contribution in [2.24, 2.45) is 5.92 Å². The van der Waals surface area contributed by atoms with Gasteiger partial charge in [-0.2, -0.15) is 5.26 Å². The van der Waals surface area contributed by atoms with E-state index in [0.29, 0.717) is 12.0 Å². The van der Waals surface area contributed by atoms with Gasteiger partial charge in [0.2, 0.25) is 0 Å². The van der Waals surface area contributed by atoms with Crippen molar-refractivity contribution in [3.8, 4) is 38.8 Å². The monoisotopic (exact) mass is 644 g/mol. The lowest BCUT2D eigenvalue weighted by molar-refractivity contribution is -0.132. The highest BCUT2D eigenvalue weighted by atomic mass is 32.1. The minimum Gasteiger partial charge on any atom is -0.477 e. The van der Waals surface area contributed by atoms with Crippen LogP contribution >= 0.6 is 11.3 Å². The maximum Gasteiger partial charge on any atom is 0.346 e. The molecule has 0 radical (unpaired) electrons. The van der Waals surface area contributed by atoms with Crippen molar-refractivity contribution in [1.82, 2.24) is 0 Å². The van der Waals surface area contributed by atoms with Crippen LogP contribution in [-0.4, -0.2) is 37.9 Å². The lowest BCUT2D eigenvalue weighted by atomic mass is 9.79. The molecule has 1 N–H and O–H groups in total. The smallest absolute Gasteiger partial charge is 0.346 e. The van der Waals surface area contributed by atoms with Crippen LogP contribution in [0.4, 0.5) is 5.69 Å². The highest BCUT2D eigenvalue weighted by Gasteiger charge is 2.41. The zero-order valence-electron chi connectivity index (χ0n) is 27.8. The molecular weight excluding hydrogens is 605 g/mol. The molecule has 3 unspecified atom stereocenters. The highest BCUT2D eigenvalue weighted by molar-refractivity contribution is 7.16. The van der Waals surface area contributed by atoms with Crippen molar-refractivity contribution in [1.29, 1.82) is 5.26 Å². The third kappa shape index (κ3) is 5.11. The molecule has 7 heteroatoms. The number of carboxylic acid groups (broad SMARTS) is 1. The number of nitrogens with zero attached hydrogens (tertiary/aromatic N) is 2. The number of rotatable bonds is 7. The van der Waals surface area contributed by atoms with Crippen LogP contribution in [0.1, 0.15) is 79.9 Å². The predicted molar refractivity (Wildman–Crippen MR) is 189 cm³/mol. The van der Waals surface area contributed by atoms with E-state index in [-0.39, 0.29) is 23.2 Å². The number of anilines is 1. The normalized spacial score (nSPS) is 20.9. The van der Waals surface area contributed by atoms with Crippen molar-refractivity contribution in [3.63, 3.8) is 0 Å². The predicted octanol–water partition coefficient (Wildman–Crippen LogP) is 9.39. The van der Waals surface area contributed by atoms with Crippen LogP contribution in [0, 0.1) is 17.2 Å². The van der Waals surface area contributed by atoms with Crippen molar-refractivity contribution in [2.45, 2.75) is 64.2 Å². The molecule has 240 valence electrons. The number of fused-ring (bicyclic) bond motifs is 3. The molecule has 3 aliphatic rings. The van der Waals surface area contributed by atoms with Gasteiger partial charge in [0, 0.05) is 58.8 Å². The average Bonchev–Trinajstić information content (AvgIpc) is 3.63. The summed E-state index contributed by atoms with van der Waals surface area (Å²) in [6.45, 7) is 10.2. The number of aliphatic carboxylic acids is 1. The molecule has 4 aromatic rings. The lowest BCUT2D eigenvalue weighted by Gasteiger charge is -2.48. The second kappa shape index (κ2) is 11.8. The Morgan fingerprint density at radius 2 is 1.60 bits per heavy atom. The number of nitriles is 1. The highest BCUT2D eigenvalue weighted by Crippen LogP contribution is 2.53. The standard InChI is InChI=1S/C40H40N2O4S/c1-22(2)34-20-36(46-6)31-17-25(16-30-35(45-5)13-14-42(34)38(30)31)23-7-10-28-29-11-8-24(19-33(29)40(3,4)32(28)18-23)37-12-9-27(47-37)15-26(21-41)39(43)44/h7-12,15-19,22,34-36H,13-14,20H2,1-6H3,(H,43,44)/b26-15-. The summed E-state index contributed by atoms with van der Waals surface area (Å²) >= 11 is 1.49. The van der Waals surface area contributed by atoms with Crippen LogP contribution in [0.15, 0.2) is 66.2 Å². The fraction of sp³-hybridized carbons (Fsp3) is 0.350. The van der Waals surface area contributed by atoms with E-state index in [1.807, 2.05) is 26.4 Å². The van der Waals surface area contributed by atoms with E-state index >= 15 is 0 Å². The van der Waals surface area contributed by atoms with Gasteiger partial charge in [-0.05, 0) is 100 Å². The van der Waals surface area contributed by atoms with Gasteiger partial charge in [-0.15, -0.1) is 11.3 Å². The van der Waals surface area contributed by atoms with Crippen LogP contribution in [0.3, 0.4) is 0 Å². The molecule has 3 heterocycles. The largest absolute Gasteiger partial charge is 0.477 e. The van der Waals surface area contributed by atoms with Crippen LogP contribution in [0.25, 0.3) is 38.8 Å². The molecule has 7 rings (SSSR count). The quantitative estimate of drug-likeness (QED) is 0.159. The summed E-state index contributed by atoms with van der Waals surface area (Å²) in [7, 11) is 3.66. The fourth-order valence-electron chi connectivity index (χ4n) is 8.04. The van der Waals surface area contributed by atoms with Gasteiger partial charge >= 0.3 is 5.97 Å². The van der Waals surface area contributed by atoms with Gasteiger partial charge < -0.3 is 19.5 Å². The minimum atomic E-state index is -1.22. The van der Waals surface area contributed by atoms with E-state index in [4.69, 9.17) is 9.47 Å². The summed E-state index contributed by atoms with van der Waals surface area (Å²) in [5.74, 6) is -0.687. The fourth-order valence-corrected chi connectivity index (χ4v) is 8.99. The molecule has 47 heavy (non-hydrogen) atoms. The zero-order valence-corrected chi connectivity index (χ0v) is 28.6. The molecule has 0 amide bonds. The first-order valence-electron chi connectivity index (χ1n) is 16.3. The van der Waals surface area contributed by atoms with Gasteiger partial charge in [-0.3, -0.25) is 0 Å². The Morgan fingerprint density at radius 1 is 0.957 bits per heavy atom. The second-order valence-electron chi connectivity index (χ2n) is 13.8. The molecule has 2 aliphatic heterocycles. The topological polar surface area (TPSA) is 82.8 Å². The molecular formula is C40H40N2O4S. The number of carbonyl (C=O) groups is 1. The third-order valence-corrected chi connectivity index (χ3v) is 11.6. The Hall–Kier alpha value is -4.22. The van der Waals surface area contributed by atoms with E-state index in [1.54, 1.807) is 6.07 Å². The number of carboxylic acids is 1. The number of thiophene rings is 1. The SMILES string of the molecule is COC1CCN2c3c1cc(-c1ccc4c(c1)C(C)(C)c1cc(-c5ccc(/C=C(/C#N)C(=O)O)s5)ccc1-4)cc3C(OC)CC2C(C)C. The summed E-state index contributed by atoms with van der Waals surface area (Å²) in [4.78, 5) is 15.7. The Labute approximate surface area is 280 Å². The van der Waals surface area contributed by atoms with E-state index in [2.05, 4.69) is 81.1 Å². The molecule has 0 bridgehead atoms. The molecule has 0 saturated heterocycles. The van der Waals surface area contributed by atoms with Crippen molar-refractivity contribution in [2.75, 3.05) is 25.7 Å². The van der Waals surface area contributed by atoms with Crippen molar-refractivity contribution < 1.29 is 19.4 Å². The van der Waals surface area contributed by atoms with E-state index in [1.165, 1.54) is 67.6 Å². The maximum atomic E-state index is 11.3. The molecule has 1 aliphatic carbocycles. The third-order valence-electron chi connectivity index (χ3n) is 10.5. The van der Waals surface area contributed by atoms with Crippen LogP contribution in [-0.2, 0) is 19.7 Å². The Kier molecular flexibility index (Phi) is 7.87. The van der Waals surface area contributed by atoms with Gasteiger partial charge in [0.15, 0.2) is 0 Å². The summed E-state index contributed by atoms with van der Waals surface area (Å²) in [6, 6.07) is 24.3. The first-order valence-corrected chi connectivity index (χ1v) is 17.1. The molecule has 6 nitrogen and oxygen atoms in total. The van der Waals surface area contributed by atoms with Gasteiger partial charge in [0.25, 0.3) is 0 Å². The average molecular weight is 645 g/mol. The van der Waals surface area contributed by atoms with Crippen LogP contribution < -0.4 is 4.90 Å². The Balaban J connectivity index is 1.28. The van der Waals surface area contributed by atoms with Gasteiger partial charge in [0.1, 0.15) is 11.6 Å². The zero-order chi connectivity index (χ0) is 33.2. The number of ether oxygens (including phenoxy) is 2. The molecule has 3 atom stereocenters. The molecule has 0 saturated carbocycles. The van der Waals surface area contributed by atoms with Crippen LogP contribution in [0.5, 0.6) is 0 Å². The Bertz CT molecular complexity index is 1960.